The van der Waals surface area contributed by atoms with Crippen LogP contribution in [-0.4, -0.2) is 5.60 Å². The Hall–Kier alpha value is -1.02. The molecular formula is C15H25NO. The molecule has 0 heterocycles. The van der Waals surface area contributed by atoms with E-state index in [4.69, 9.17) is 10.5 Å². The minimum atomic E-state index is -0.159. The average Bonchev–Trinajstić information content (AvgIpc) is 2.14. The summed E-state index contributed by atoms with van der Waals surface area (Å²) in [6.07, 6.45) is 0. The van der Waals surface area contributed by atoms with E-state index in [1.165, 1.54) is 0 Å². The van der Waals surface area contributed by atoms with E-state index in [9.17, 15) is 0 Å². The third kappa shape index (κ3) is 4.39. The van der Waals surface area contributed by atoms with Crippen LogP contribution in [0.5, 0.6) is 5.75 Å². The van der Waals surface area contributed by atoms with Crippen molar-refractivity contribution in [2.75, 3.05) is 0 Å². The molecule has 1 aromatic carbocycles. The maximum atomic E-state index is 6.21. The van der Waals surface area contributed by atoms with Crippen LogP contribution in [0.2, 0.25) is 0 Å². The monoisotopic (exact) mass is 235 g/mol. The summed E-state index contributed by atoms with van der Waals surface area (Å²) in [7, 11) is 0. The Bertz CT molecular complexity index is 354. The molecule has 0 aliphatic carbocycles. The minimum absolute atomic E-state index is 0.0474. The van der Waals surface area contributed by atoms with Gasteiger partial charge in [0, 0.05) is 6.04 Å². The molecule has 0 saturated carbocycles. The van der Waals surface area contributed by atoms with Gasteiger partial charge in [0.1, 0.15) is 11.4 Å². The van der Waals surface area contributed by atoms with Crippen molar-refractivity contribution in [3.8, 4) is 5.75 Å². The Kier molecular flexibility index (Phi) is 3.88. The normalized spacial score (nSPS) is 14.5. The summed E-state index contributed by atoms with van der Waals surface area (Å²) in [5.41, 5.74) is 7.28. The van der Waals surface area contributed by atoms with Crippen LogP contribution in [0, 0.1) is 5.41 Å². The van der Waals surface area contributed by atoms with Gasteiger partial charge in [-0.05, 0) is 43.9 Å². The standard InChI is InChI=1S/C15H25NO/c1-14(2,3)13(16)11-7-9-12(10-8-11)17-15(4,5)6/h7-10,13H,16H2,1-6H3/t13-/m1/s1. The zero-order chi connectivity index (χ0) is 13.3. The number of hydrogen-bond acceptors (Lipinski definition) is 2. The lowest BCUT2D eigenvalue weighted by Gasteiger charge is -2.28. The molecule has 0 saturated heterocycles. The smallest absolute Gasteiger partial charge is 0.120 e. The summed E-state index contributed by atoms with van der Waals surface area (Å²) in [5, 5.41) is 0. The highest BCUT2D eigenvalue weighted by Gasteiger charge is 2.22. The molecule has 96 valence electrons. The van der Waals surface area contributed by atoms with E-state index in [1.54, 1.807) is 0 Å². The first-order valence-electron chi connectivity index (χ1n) is 6.14. The molecule has 2 N–H and O–H groups in total. The molecule has 0 aliphatic rings. The van der Waals surface area contributed by atoms with Gasteiger partial charge in [0.25, 0.3) is 0 Å². The van der Waals surface area contributed by atoms with E-state index in [1.807, 2.05) is 32.9 Å². The van der Waals surface area contributed by atoms with Crippen molar-refractivity contribution in [1.29, 1.82) is 0 Å². The van der Waals surface area contributed by atoms with E-state index in [2.05, 4.69) is 32.9 Å². The Morgan fingerprint density at radius 3 is 1.76 bits per heavy atom. The van der Waals surface area contributed by atoms with Crippen molar-refractivity contribution in [2.45, 2.75) is 53.2 Å². The van der Waals surface area contributed by atoms with Gasteiger partial charge in [0.2, 0.25) is 0 Å². The molecule has 0 radical (unpaired) electrons. The molecular weight excluding hydrogens is 210 g/mol. The zero-order valence-corrected chi connectivity index (χ0v) is 11.9. The molecule has 1 rings (SSSR count). The first kappa shape index (κ1) is 14.0. The lowest BCUT2D eigenvalue weighted by molar-refractivity contribution is 0.131. The number of ether oxygens (including phenoxy) is 1. The SMILES string of the molecule is CC(C)(C)Oc1ccc([C@@H](N)C(C)(C)C)cc1. The van der Waals surface area contributed by atoms with Crippen LogP contribution in [-0.2, 0) is 0 Å². The molecule has 1 atom stereocenters. The maximum absolute atomic E-state index is 6.21. The van der Waals surface area contributed by atoms with Crippen molar-refractivity contribution < 1.29 is 4.74 Å². The van der Waals surface area contributed by atoms with Crippen LogP contribution in [0.4, 0.5) is 0 Å². The van der Waals surface area contributed by atoms with Gasteiger partial charge in [-0.2, -0.15) is 0 Å². The molecule has 17 heavy (non-hydrogen) atoms. The average molecular weight is 235 g/mol. The predicted octanol–water partition coefficient (Wildman–Crippen LogP) is 3.91. The fourth-order valence-corrected chi connectivity index (χ4v) is 1.60. The van der Waals surface area contributed by atoms with Crippen LogP contribution in [0.1, 0.15) is 53.1 Å². The summed E-state index contributed by atoms with van der Waals surface area (Å²) in [6, 6.07) is 8.14. The van der Waals surface area contributed by atoms with Gasteiger partial charge in [0.05, 0.1) is 0 Å². The largest absolute Gasteiger partial charge is 0.488 e. The van der Waals surface area contributed by atoms with Gasteiger partial charge >= 0.3 is 0 Å². The second-order valence-corrected chi connectivity index (χ2v) is 6.63. The highest BCUT2D eigenvalue weighted by atomic mass is 16.5. The minimum Gasteiger partial charge on any atom is -0.488 e. The number of hydrogen-bond donors (Lipinski definition) is 1. The van der Waals surface area contributed by atoms with Crippen molar-refractivity contribution in [2.24, 2.45) is 11.1 Å². The van der Waals surface area contributed by atoms with Crippen LogP contribution in [0.15, 0.2) is 24.3 Å². The van der Waals surface area contributed by atoms with E-state index in [0.29, 0.717) is 0 Å². The topological polar surface area (TPSA) is 35.2 Å². The molecule has 0 aliphatic heterocycles. The van der Waals surface area contributed by atoms with Crippen LogP contribution >= 0.6 is 0 Å². The highest BCUT2D eigenvalue weighted by Crippen LogP contribution is 2.31. The molecule has 2 nitrogen and oxygen atoms in total. The summed E-state index contributed by atoms with van der Waals surface area (Å²) < 4.78 is 5.78. The van der Waals surface area contributed by atoms with Gasteiger partial charge < -0.3 is 10.5 Å². The van der Waals surface area contributed by atoms with Crippen LogP contribution in [0.25, 0.3) is 0 Å². The first-order chi connectivity index (χ1) is 7.59. The van der Waals surface area contributed by atoms with E-state index in [-0.39, 0.29) is 17.1 Å². The molecule has 0 amide bonds. The Morgan fingerprint density at radius 1 is 0.941 bits per heavy atom. The lowest BCUT2D eigenvalue weighted by atomic mass is 9.83. The molecule has 0 spiro atoms. The molecule has 0 bridgehead atoms. The fourth-order valence-electron chi connectivity index (χ4n) is 1.60. The van der Waals surface area contributed by atoms with Gasteiger partial charge in [0.15, 0.2) is 0 Å². The van der Waals surface area contributed by atoms with Gasteiger partial charge in [-0.25, -0.2) is 0 Å². The summed E-state index contributed by atoms with van der Waals surface area (Å²) in [4.78, 5) is 0. The van der Waals surface area contributed by atoms with Crippen molar-refractivity contribution in [3.05, 3.63) is 29.8 Å². The molecule has 0 unspecified atom stereocenters. The second-order valence-electron chi connectivity index (χ2n) is 6.63. The number of nitrogens with two attached hydrogens (primary N) is 1. The van der Waals surface area contributed by atoms with Crippen LogP contribution in [0.3, 0.4) is 0 Å². The van der Waals surface area contributed by atoms with E-state index < -0.39 is 0 Å². The van der Waals surface area contributed by atoms with Crippen molar-refractivity contribution in [1.82, 2.24) is 0 Å². The second kappa shape index (κ2) is 4.69. The number of benzene rings is 1. The lowest BCUT2D eigenvalue weighted by Crippen LogP contribution is -2.26. The van der Waals surface area contributed by atoms with Crippen LogP contribution < -0.4 is 10.5 Å². The van der Waals surface area contributed by atoms with Gasteiger partial charge in [-0.15, -0.1) is 0 Å². The third-order valence-electron chi connectivity index (χ3n) is 2.60. The Labute approximate surface area is 105 Å². The quantitative estimate of drug-likeness (QED) is 0.843. The Morgan fingerprint density at radius 2 is 1.41 bits per heavy atom. The summed E-state index contributed by atoms with van der Waals surface area (Å²) in [5.74, 6) is 0.891. The highest BCUT2D eigenvalue weighted by molar-refractivity contribution is 5.30. The molecule has 2 heteroatoms. The van der Waals surface area contributed by atoms with E-state index in [0.717, 1.165) is 11.3 Å². The maximum Gasteiger partial charge on any atom is 0.120 e. The Balaban J connectivity index is 2.82. The van der Waals surface area contributed by atoms with Gasteiger partial charge in [-0.1, -0.05) is 32.9 Å². The predicted molar refractivity (Wildman–Crippen MR) is 73.2 cm³/mol. The van der Waals surface area contributed by atoms with Crippen molar-refractivity contribution >= 4 is 0 Å². The van der Waals surface area contributed by atoms with Crippen molar-refractivity contribution in [3.63, 3.8) is 0 Å². The molecule has 0 aromatic heterocycles. The molecule has 1 aromatic rings. The zero-order valence-electron chi connectivity index (χ0n) is 11.9. The fraction of sp³-hybridized carbons (Fsp3) is 0.600. The summed E-state index contributed by atoms with van der Waals surface area (Å²) in [6.45, 7) is 12.6. The first-order valence-corrected chi connectivity index (χ1v) is 6.14. The third-order valence-corrected chi connectivity index (χ3v) is 2.60. The summed E-state index contributed by atoms with van der Waals surface area (Å²) >= 11 is 0. The molecule has 0 fully saturated rings. The van der Waals surface area contributed by atoms with Gasteiger partial charge in [-0.3, -0.25) is 0 Å². The van der Waals surface area contributed by atoms with E-state index >= 15 is 0 Å². The number of rotatable bonds is 2.